The molecule has 1 nitrogen and oxygen atoms in total. The molecule has 9 heavy (non-hydrogen) atoms. The van der Waals surface area contributed by atoms with Gasteiger partial charge in [0, 0.05) is 5.56 Å². The average molecular weight is 138 g/mol. The molecule has 0 aliphatic rings. The van der Waals surface area contributed by atoms with E-state index in [1.165, 1.54) is 11.3 Å². The quantitative estimate of drug-likeness (QED) is 0.582. The lowest BCUT2D eigenvalue weighted by atomic mass is 10.2. The smallest absolute Gasteiger partial charge is 0.140 e. The molecule has 1 heterocycles. The van der Waals surface area contributed by atoms with Gasteiger partial charge in [-0.15, -0.1) is 6.42 Å². The van der Waals surface area contributed by atoms with Crippen LogP contribution in [0.1, 0.15) is 11.7 Å². The number of terminal acetylenes is 1. The average Bonchev–Trinajstić information content (AvgIpc) is 2.37. The van der Waals surface area contributed by atoms with Gasteiger partial charge < -0.3 is 5.11 Å². The van der Waals surface area contributed by atoms with Gasteiger partial charge in [0.2, 0.25) is 0 Å². The van der Waals surface area contributed by atoms with E-state index in [0.29, 0.717) is 0 Å². The van der Waals surface area contributed by atoms with Crippen LogP contribution in [-0.4, -0.2) is 5.11 Å². The highest BCUT2D eigenvalue weighted by Crippen LogP contribution is 2.14. The Kier molecular flexibility index (Phi) is 1.88. The molecule has 0 amide bonds. The molecule has 1 N–H and O–H groups in total. The van der Waals surface area contributed by atoms with Gasteiger partial charge in [0.15, 0.2) is 0 Å². The number of hydrogen-bond donors (Lipinski definition) is 1. The van der Waals surface area contributed by atoms with Crippen molar-refractivity contribution in [2.24, 2.45) is 0 Å². The molecule has 0 fully saturated rings. The molecule has 1 aromatic heterocycles. The van der Waals surface area contributed by atoms with Crippen LogP contribution in [-0.2, 0) is 0 Å². The number of aliphatic hydroxyl groups is 1. The number of thiophene rings is 1. The predicted molar refractivity (Wildman–Crippen MR) is 38.1 cm³/mol. The Hall–Kier alpha value is -0.780. The minimum absolute atomic E-state index is 0.726. The lowest BCUT2D eigenvalue weighted by Crippen LogP contribution is -1.88. The van der Waals surface area contributed by atoms with Gasteiger partial charge in [0.05, 0.1) is 0 Å². The molecule has 1 atom stereocenters. The molecule has 1 aromatic rings. The highest BCUT2D eigenvalue weighted by atomic mass is 32.1. The second-order valence-electron chi connectivity index (χ2n) is 1.63. The highest BCUT2D eigenvalue weighted by molar-refractivity contribution is 7.07. The topological polar surface area (TPSA) is 20.2 Å². The Labute approximate surface area is 58.0 Å². The first-order chi connectivity index (χ1) is 4.34. The first kappa shape index (κ1) is 6.34. The fourth-order valence-electron chi connectivity index (χ4n) is 0.527. The molecule has 0 bridgehead atoms. The van der Waals surface area contributed by atoms with E-state index in [9.17, 15) is 0 Å². The molecule has 0 aliphatic heterocycles. The summed E-state index contributed by atoms with van der Waals surface area (Å²) >= 11 is 1.53. The van der Waals surface area contributed by atoms with Crippen molar-refractivity contribution >= 4 is 11.3 Å². The van der Waals surface area contributed by atoms with E-state index >= 15 is 0 Å². The van der Waals surface area contributed by atoms with Crippen LogP contribution in [0.3, 0.4) is 0 Å². The van der Waals surface area contributed by atoms with Crippen molar-refractivity contribution in [2.75, 3.05) is 0 Å². The first-order valence-corrected chi connectivity index (χ1v) is 3.45. The van der Waals surface area contributed by atoms with E-state index in [1.807, 2.05) is 16.8 Å². The zero-order chi connectivity index (χ0) is 6.69. The van der Waals surface area contributed by atoms with Gasteiger partial charge in [-0.3, -0.25) is 0 Å². The van der Waals surface area contributed by atoms with Crippen LogP contribution in [0, 0.1) is 12.3 Å². The van der Waals surface area contributed by atoms with Gasteiger partial charge in [-0.1, -0.05) is 5.92 Å². The molecule has 2 heteroatoms. The molecule has 46 valence electrons. The molecule has 0 spiro atoms. The Morgan fingerprint density at radius 1 is 1.78 bits per heavy atom. The largest absolute Gasteiger partial charge is 0.376 e. The third kappa shape index (κ3) is 1.32. The minimum Gasteiger partial charge on any atom is -0.376 e. The summed E-state index contributed by atoms with van der Waals surface area (Å²) in [6.45, 7) is 0. The lowest BCUT2D eigenvalue weighted by Gasteiger charge is -1.95. The highest BCUT2D eigenvalue weighted by Gasteiger charge is 2.00. The normalized spacial score (nSPS) is 12.4. The fourth-order valence-corrected chi connectivity index (χ4v) is 1.21. The van der Waals surface area contributed by atoms with Crippen molar-refractivity contribution in [3.63, 3.8) is 0 Å². The van der Waals surface area contributed by atoms with E-state index in [2.05, 4.69) is 5.92 Å². The second kappa shape index (κ2) is 2.67. The van der Waals surface area contributed by atoms with Crippen LogP contribution >= 0.6 is 11.3 Å². The maximum absolute atomic E-state index is 8.99. The minimum atomic E-state index is -0.726. The summed E-state index contributed by atoms with van der Waals surface area (Å²) in [5.41, 5.74) is 0.808. The van der Waals surface area contributed by atoms with Crippen molar-refractivity contribution in [2.45, 2.75) is 6.10 Å². The Balaban J connectivity index is 2.80. The van der Waals surface area contributed by atoms with Crippen molar-refractivity contribution < 1.29 is 5.11 Å². The Bertz CT molecular complexity index is 207. The lowest BCUT2D eigenvalue weighted by molar-refractivity contribution is 0.239. The van der Waals surface area contributed by atoms with Gasteiger partial charge in [0.25, 0.3) is 0 Å². The zero-order valence-corrected chi connectivity index (χ0v) is 5.56. The van der Waals surface area contributed by atoms with E-state index in [4.69, 9.17) is 11.5 Å². The molecule has 0 aliphatic carbocycles. The van der Waals surface area contributed by atoms with E-state index in [1.54, 1.807) is 0 Å². The van der Waals surface area contributed by atoms with Crippen molar-refractivity contribution in [3.05, 3.63) is 22.4 Å². The number of rotatable bonds is 1. The van der Waals surface area contributed by atoms with Crippen molar-refractivity contribution in [1.29, 1.82) is 0 Å². The standard InChI is InChI=1S/C7H6OS/c1-2-7(8)6-3-4-9-5-6/h1,3-5,7-8H/t7-/m1/s1. The fraction of sp³-hybridized carbons (Fsp3) is 0.143. The number of aliphatic hydroxyl groups excluding tert-OH is 1. The molecule has 0 unspecified atom stereocenters. The predicted octanol–water partition coefficient (Wildman–Crippen LogP) is 1.41. The van der Waals surface area contributed by atoms with E-state index < -0.39 is 6.10 Å². The molecule has 0 radical (unpaired) electrons. The van der Waals surface area contributed by atoms with Crippen LogP contribution in [0.5, 0.6) is 0 Å². The maximum atomic E-state index is 8.99. The van der Waals surface area contributed by atoms with Crippen molar-refractivity contribution in [3.8, 4) is 12.3 Å². The third-order valence-corrected chi connectivity index (χ3v) is 1.72. The second-order valence-corrected chi connectivity index (χ2v) is 2.41. The third-order valence-electron chi connectivity index (χ3n) is 1.02. The summed E-state index contributed by atoms with van der Waals surface area (Å²) in [6, 6.07) is 1.81. The summed E-state index contributed by atoms with van der Waals surface area (Å²) in [7, 11) is 0. The van der Waals surface area contributed by atoms with Crippen LogP contribution in [0.25, 0.3) is 0 Å². The summed E-state index contributed by atoms with van der Waals surface area (Å²) in [4.78, 5) is 0. The Morgan fingerprint density at radius 2 is 2.56 bits per heavy atom. The molecule has 0 saturated carbocycles. The first-order valence-electron chi connectivity index (χ1n) is 2.51. The Morgan fingerprint density at radius 3 is 3.00 bits per heavy atom. The number of hydrogen-bond acceptors (Lipinski definition) is 2. The molecule has 0 saturated heterocycles. The van der Waals surface area contributed by atoms with Crippen LogP contribution in [0.2, 0.25) is 0 Å². The van der Waals surface area contributed by atoms with E-state index in [0.717, 1.165) is 5.56 Å². The molecular formula is C7H6OS. The van der Waals surface area contributed by atoms with Crippen molar-refractivity contribution in [1.82, 2.24) is 0 Å². The van der Waals surface area contributed by atoms with Gasteiger partial charge in [0.1, 0.15) is 6.10 Å². The summed E-state index contributed by atoms with van der Waals surface area (Å²) < 4.78 is 0. The van der Waals surface area contributed by atoms with Gasteiger partial charge in [-0.25, -0.2) is 0 Å². The van der Waals surface area contributed by atoms with E-state index in [-0.39, 0.29) is 0 Å². The van der Waals surface area contributed by atoms with Crippen LogP contribution < -0.4 is 0 Å². The van der Waals surface area contributed by atoms with Gasteiger partial charge in [-0.2, -0.15) is 11.3 Å². The van der Waals surface area contributed by atoms with Crippen LogP contribution in [0.4, 0.5) is 0 Å². The monoisotopic (exact) mass is 138 g/mol. The molecular weight excluding hydrogens is 132 g/mol. The zero-order valence-electron chi connectivity index (χ0n) is 4.74. The summed E-state index contributed by atoms with van der Waals surface area (Å²) in [6.07, 6.45) is 4.24. The summed E-state index contributed by atoms with van der Waals surface area (Å²) in [5, 5.41) is 12.7. The van der Waals surface area contributed by atoms with Crippen LogP contribution in [0.15, 0.2) is 16.8 Å². The van der Waals surface area contributed by atoms with Gasteiger partial charge in [-0.05, 0) is 16.8 Å². The molecule has 0 aromatic carbocycles. The van der Waals surface area contributed by atoms with Gasteiger partial charge >= 0.3 is 0 Å². The maximum Gasteiger partial charge on any atom is 0.140 e. The summed E-state index contributed by atoms with van der Waals surface area (Å²) in [5.74, 6) is 2.23. The molecule has 1 rings (SSSR count). The SMILES string of the molecule is C#C[C@@H](O)c1ccsc1.